The van der Waals surface area contributed by atoms with Gasteiger partial charge < -0.3 is 9.88 Å². The first kappa shape index (κ1) is 20.0. The summed E-state index contributed by atoms with van der Waals surface area (Å²) in [5.41, 5.74) is 2.17. The Bertz CT molecular complexity index is 1040. The highest BCUT2D eigenvalue weighted by Crippen LogP contribution is 2.17. The van der Waals surface area contributed by atoms with Crippen LogP contribution in [0.15, 0.2) is 40.3 Å². The molecule has 0 unspecified atom stereocenters. The van der Waals surface area contributed by atoms with Gasteiger partial charge in [-0.25, -0.2) is 15.0 Å². The fourth-order valence-electron chi connectivity index (χ4n) is 2.90. The van der Waals surface area contributed by atoms with E-state index in [0.29, 0.717) is 21.9 Å². The normalized spacial score (nSPS) is 11.2. The molecular formula is C20H23N5O2S. The Morgan fingerprint density at radius 1 is 1.14 bits per heavy atom. The quantitative estimate of drug-likeness (QED) is 0.508. The van der Waals surface area contributed by atoms with E-state index in [9.17, 15) is 9.59 Å². The zero-order valence-electron chi connectivity index (χ0n) is 16.4. The van der Waals surface area contributed by atoms with Crippen molar-refractivity contribution in [2.45, 2.75) is 45.4 Å². The standard InChI is InChI=1S/C20H23N5O2S/c1-12(2)25(18(26)11-28-20-21-13(3)9-14(4)22-20)10-17-23-16-8-6-5-7-15(16)19(27)24-17/h5-9,12H,10-11H2,1-4H3,(H,23,24,27). The molecular weight excluding hydrogens is 374 g/mol. The highest BCUT2D eigenvalue weighted by atomic mass is 32.2. The maximum Gasteiger partial charge on any atom is 0.258 e. The number of fused-ring (bicyclic) bond motifs is 1. The predicted octanol–water partition coefficient (Wildman–Crippen LogP) is 2.86. The van der Waals surface area contributed by atoms with Crippen LogP contribution in [0.4, 0.5) is 0 Å². The Morgan fingerprint density at radius 2 is 1.82 bits per heavy atom. The highest BCUT2D eigenvalue weighted by molar-refractivity contribution is 7.99. The number of carbonyl (C=O) groups is 1. The Morgan fingerprint density at radius 3 is 2.50 bits per heavy atom. The van der Waals surface area contributed by atoms with E-state index >= 15 is 0 Å². The fraction of sp³-hybridized carbons (Fsp3) is 0.350. The average molecular weight is 398 g/mol. The summed E-state index contributed by atoms with van der Waals surface area (Å²) in [4.78, 5) is 42.8. The van der Waals surface area contributed by atoms with Crippen LogP contribution in [0.25, 0.3) is 10.9 Å². The first-order valence-corrected chi connectivity index (χ1v) is 10.0. The van der Waals surface area contributed by atoms with Gasteiger partial charge in [0.25, 0.3) is 5.56 Å². The largest absolute Gasteiger partial charge is 0.332 e. The van der Waals surface area contributed by atoms with E-state index in [1.165, 1.54) is 11.8 Å². The van der Waals surface area contributed by atoms with Crippen LogP contribution in [-0.4, -0.2) is 42.5 Å². The summed E-state index contributed by atoms with van der Waals surface area (Å²) in [5.74, 6) is 0.635. The topological polar surface area (TPSA) is 91.8 Å². The smallest absolute Gasteiger partial charge is 0.258 e. The summed E-state index contributed by atoms with van der Waals surface area (Å²) in [6.07, 6.45) is 0. The van der Waals surface area contributed by atoms with E-state index in [2.05, 4.69) is 19.9 Å². The molecule has 0 fully saturated rings. The van der Waals surface area contributed by atoms with Gasteiger partial charge >= 0.3 is 0 Å². The SMILES string of the molecule is Cc1cc(C)nc(SCC(=O)N(Cc2nc3ccccc3c(=O)[nH]2)C(C)C)n1. The van der Waals surface area contributed by atoms with Crippen molar-refractivity contribution in [2.24, 2.45) is 0 Å². The van der Waals surface area contributed by atoms with Gasteiger partial charge in [-0.15, -0.1) is 0 Å². The lowest BCUT2D eigenvalue weighted by molar-refractivity contribution is -0.130. The molecule has 3 aromatic rings. The molecule has 3 rings (SSSR count). The van der Waals surface area contributed by atoms with E-state index in [1.807, 2.05) is 39.8 Å². The van der Waals surface area contributed by atoms with Crippen molar-refractivity contribution >= 4 is 28.6 Å². The predicted molar refractivity (Wildman–Crippen MR) is 110 cm³/mol. The molecule has 1 N–H and O–H groups in total. The lowest BCUT2D eigenvalue weighted by Gasteiger charge is -2.26. The van der Waals surface area contributed by atoms with Crippen LogP contribution < -0.4 is 5.56 Å². The molecule has 0 aliphatic rings. The number of hydrogen-bond donors (Lipinski definition) is 1. The molecule has 0 spiro atoms. The second-order valence-electron chi connectivity index (χ2n) is 6.87. The van der Waals surface area contributed by atoms with Gasteiger partial charge in [-0.1, -0.05) is 23.9 Å². The first-order valence-electron chi connectivity index (χ1n) is 9.06. The van der Waals surface area contributed by atoms with Crippen molar-refractivity contribution in [1.29, 1.82) is 0 Å². The molecule has 0 bridgehead atoms. The van der Waals surface area contributed by atoms with Gasteiger partial charge in [0.05, 0.1) is 23.2 Å². The van der Waals surface area contributed by atoms with Crippen LogP contribution in [0, 0.1) is 13.8 Å². The maximum atomic E-state index is 12.8. The highest BCUT2D eigenvalue weighted by Gasteiger charge is 2.19. The summed E-state index contributed by atoms with van der Waals surface area (Å²) >= 11 is 1.31. The van der Waals surface area contributed by atoms with Crippen molar-refractivity contribution in [2.75, 3.05) is 5.75 Å². The summed E-state index contributed by atoms with van der Waals surface area (Å²) in [5, 5.41) is 1.13. The molecule has 2 aromatic heterocycles. The van der Waals surface area contributed by atoms with Crippen molar-refractivity contribution in [3.63, 3.8) is 0 Å². The number of nitrogens with one attached hydrogen (secondary N) is 1. The number of aryl methyl sites for hydroxylation is 2. The van der Waals surface area contributed by atoms with Gasteiger partial charge in [-0.2, -0.15) is 0 Å². The summed E-state index contributed by atoms with van der Waals surface area (Å²) in [7, 11) is 0. The second-order valence-corrected chi connectivity index (χ2v) is 7.81. The molecule has 0 aliphatic carbocycles. The van der Waals surface area contributed by atoms with Gasteiger partial charge in [-0.3, -0.25) is 9.59 Å². The minimum absolute atomic E-state index is 0.0370. The zero-order chi connectivity index (χ0) is 20.3. The number of carbonyl (C=O) groups excluding carboxylic acids is 1. The summed E-state index contributed by atoms with van der Waals surface area (Å²) in [6.45, 7) is 7.93. The zero-order valence-corrected chi connectivity index (χ0v) is 17.2. The molecule has 0 saturated heterocycles. The average Bonchev–Trinajstić information content (AvgIpc) is 2.63. The van der Waals surface area contributed by atoms with Gasteiger partial charge in [0, 0.05) is 17.4 Å². The van der Waals surface area contributed by atoms with Crippen LogP contribution in [0.5, 0.6) is 0 Å². The van der Waals surface area contributed by atoms with Crippen LogP contribution in [0.3, 0.4) is 0 Å². The van der Waals surface area contributed by atoms with E-state index in [0.717, 1.165) is 11.4 Å². The number of para-hydroxylation sites is 1. The number of nitrogens with zero attached hydrogens (tertiary/aromatic N) is 4. The molecule has 146 valence electrons. The molecule has 2 heterocycles. The molecule has 0 aliphatic heterocycles. The van der Waals surface area contributed by atoms with Crippen LogP contribution >= 0.6 is 11.8 Å². The van der Waals surface area contributed by atoms with Crippen LogP contribution in [-0.2, 0) is 11.3 Å². The van der Waals surface area contributed by atoms with Gasteiger partial charge in [0.1, 0.15) is 5.82 Å². The number of aromatic amines is 1. The first-order chi connectivity index (χ1) is 13.3. The number of amides is 1. The van der Waals surface area contributed by atoms with Crippen LogP contribution in [0.2, 0.25) is 0 Å². The number of thioether (sulfide) groups is 1. The van der Waals surface area contributed by atoms with Crippen LogP contribution in [0.1, 0.15) is 31.1 Å². The number of rotatable bonds is 6. The molecule has 1 amide bonds. The van der Waals surface area contributed by atoms with Crippen molar-refractivity contribution in [3.05, 3.63) is 57.9 Å². The van der Waals surface area contributed by atoms with Crippen molar-refractivity contribution < 1.29 is 4.79 Å². The Balaban J connectivity index is 1.76. The minimum atomic E-state index is -0.199. The van der Waals surface area contributed by atoms with E-state index in [1.54, 1.807) is 23.1 Å². The van der Waals surface area contributed by atoms with E-state index < -0.39 is 0 Å². The molecule has 0 radical (unpaired) electrons. The third-order valence-electron chi connectivity index (χ3n) is 4.21. The monoisotopic (exact) mass is 397 g/mol. The number of benzene rings is 1. The number of aromatic nitrogens is 4. The Kier molecular flexibility index (Phi) is 6.08. The molecule has 8 heteroatoms. The lowest BCUT2D eigenvalue weighted by atomic mass is 10.2. The summed E-state index contributed by atoms with van der Waals surface area (Å²) < 4.78 is 0. The van der Waals surface area contributed by atoms with Gasteiger partial charge in [-0.05, 0) is 45.9 Å². The van der Waals surface area contributed by atoms with Crippen molar-refractivity contribution in [1.82, 2.24) is 24.8 Å². The third kappa shape index (κ3) is 4.75. The third-order valence-corrected chi connectivity index (χ3v) is 5.04. The molecule has 28 heavy (non-hydrogen) atoms. The van der Waals surface area contributed by atoms with E-state index in [-0.39, 0.29) is 29.8 Å². The maximum absolute atomic E-state index is 12.8. The van der Waals surface area contributed by atoms with Crippen molar-refractivity contribution in [3.8, 4) is 0 Å². The van der Waals surface area contributed by atoms with Gasteiger partial charge in [0.15, 0.2) is 5.16 Å². The molecule has 1 aromatic carbocycles. The lowest BCUT2D eigenvalue weighted by Crippen LogP contribution is -2.38. The number of H-pyrrole nitrogens is 1. The Hall–Kier alpha value is -2.74. The number of hydrogen-bond acceptors (Lipinski definition) is 6. The molecule has 7 nitrogen and oxygen atoms in total. The molecule has 0 atom stereocenters. The Labute approximate surface area is 167 Å². The van der Waals surface area contributed by atoms with E-state index in [4.69, 9.17) is 0 Å². The van der Waals surface area contributed by atoms with Gasteiger partial charge in [0.2, 0.25) is 5.91 Å². The summed E-state index contributed by atoms with van der Waals surface area (Å²) in [6, 6.07) is 9.03. The molecule has 0 saturated carbocycles. The minimum Gasteiger partial charge on any atom is -0.332 e. The fourth-order valence-corrected chi connectivity index (χ4v) is 3.73. The second kappa shape index (κ2) is 8.52.